The number of rotatable bonds is 3. The molecule has 1 aromatic carbocycles. The zero-order valence-corrected chi connectivity index (χ0v) is 16.9. The van der Waals surface area contributed by atoms with Crippen LogP contribution in [0.25, 0.3) is 11.0 Å². The predicted octanol–water partition coefficient (Wildman–Crippen LogP) is 2.45. The molecule has 3 aromatic rings. The van der Waals surface area contributed by atoms with Crippen LogP contribution in [0.15, 0.2) is 23.1 Å². The maximum atomic E-state index is 12.6. The van der Waals surface area contributed by atoms with Gasteiger partial charge in [0.2, 0.25) is 5.95 Å². The van der Waals surface area contributed by atoms with E-state index in [4.69, 9.17) is 14.5 Å². The van der Waals surface area contributed by atoms with Crippen molar-refractivity contribution in [3.05, 3.63) is 39.8 Å². The van der Waals surface area contributed by atoms with Crippen molar-refractivity contribution in [2.45, 2.75) is 39.3 Å². The first-order valence-electron chi connectivity index (χ1n) is 9.29. The number of ether oxygens (including phenoxy) is 2. The molecule has 28 heavy (non-hydrogen) atoms. The number of anilines is 1. The molecule has 0 saturated heterocycles. The van der Waals surface area contributed by atoms with E-state index in [0.717, 1.165) is 24.3 Å². The Hall–Kier alpha value is -3.03. The molecule has 1 aliphatic heterocycles. The summed E-state index contributed by atoms with van der Waals surface area (Å²) >= 11 is 0. The number of aromatic nitrogens is 4. The summed E-state index contributed by atoms with van der Waals surface area (Å²) in [5, 5.41) is 4.88. The van der Waals surface area contributed by atoms with Crippen LogP contribution in [0.5, 0.6) is 11.5 Å². The van der Waals surface area contributed by atoms with E-state index in [2.05, 4.69) is 15.0 Å². The third kappa shape index (κ3) is 2.98. The SMILES string of the molecule is COc1cc2c(cc1OC)CN(c1nc3c(cnn3C(C)(C)C)c(=O)[nH]1)CC2. The molecule has 0 atom stereocenters. The number of aromatic amines is 1. The van der Waals surface area contributed by atoms with E-state index in [-0.39, 0.29) is 11.1 Å². The van der Waals surface area contributed by atoms with E-state index in [0.29, 0.717) is 29.3 Å². The lowest BCUT2D eigenvalue weighted by atomic mass is 9.99. The molecule has 0 radical (unpaired) electrons. The topological polar surface area (TPSA) is 85.3 Å². The Bertz CT molecular complexity index is 1090. The quantitative estimate of drug-likeness (QED) is 0.748. The van der Waals surface area contributed by atoms with Crippen LogP contribution in [0.1, 0.15) is 31.9 Å². The van der Waals surface area contributed by atoms with Crippen molar-refractivity contribution in [2.75, 3.05) is 25.7 Å². The fourth-order valence-electron chi connectivity index (χ4n) is 3.61. The van der Waals surface area contributed by atoms with Crippen LogP contribution in [-0.2, 0) is 18.5 Å². The van der Waals surface area contributed by atoms with Gasteiger partial charge in [-0.15, -0.1) is 0 Å². The van der Waals surface area contributed by atoms with E-state index < -0.39 is 0 Å². The Balaban J connectivity index is 1.75. The van der Waals surface area contributed by atoms with Crippen molar-refractivity contribution in [2.24, 2.45) is 0 Å². The summed E-state index contributed by atoms with van der Waals surface area (Å²) in [5.74, 6) is 1.99. The van der Waals surface area contributed by atoms with E-state index in [1.54, 1.807) is 25.1 Å². The van der Waals surface area contributed by atoms with Gasteiger partial charge in [-0.3, -0.25) is 9.78 Å². The summed E-state index contributed by atoms with van der Waals surface area (Å²) in [6, 6.07) is 4.02. The van der Waals surface area contributed by atoms with Gasteiger partial charge in [0, 0.05) is 13.1 Å². The molecule has 0 spiro atoms. The fourth-order valence-corrected chi connectivity index (χ4v) is 3.61. The Morgan fingerprint density at radius 1 is 1.11 bits per heavy atom. The van der Waals surface area contributed by atoms with Gasteiger partial charge in [-0.25, -0.2) is 4.68 Å². The van der Waals surface area contributed by atoms with Gasteiger partial charge in [-0.2, -0.15) is 10.1 Å². The monoisotopic (exact) mass is 383 g/mol. The lowest BCUT2D eigenvalue weighted by molar-refractivity contribution is 0.353. The molecule has 3 heterocycles. The van der Waals surface area contributed by atoms with Crippen molar-refractivity contribution in [1.29, 1.82) is 0 Å². The summed E-state index contributed by atoms with van der Waals surface area (Å²) in [4.78, 5) is 22.3. The summed E-state index contributed by atoms with van der Waals surface area (Å²) in [6.07, 6.45) is 2.41. The average molecular weight is 383 g/mol. The van der Waals surface area contributed by atoms with E-state index in [1.165, 1.54) is 5.56 Å². The molecular weight excluding hydrogens is 358 g/mol. The number of fused-ring (bicyclic) bond motifs is 2. The molecule has 8 heteroatoms. The number of H-pyrrole nitrogens is 1. The molecule has 0 saturated carbocycles. The zero-order valence-electron chi connectivity index (χ0n) is 16.9. The first kappa shape index (κ1) is 18.3. The first-order valence-corrected chi connectivity index (χ1v) is 9.29. The van der Waals surface area contributed by atoms with Crippen LogP contribution in [0, 0.1) is 0 Å². The standard InChI is InChI=1S/C20H25N5O3/c1-20(2,3)25-17-14(10-21-25)18(26)23-19(22-17)24-7-6-12-8-15(27-4)16(28-5)9-13(12)11-24/h8-10H,6-7,11H2,1-5H3,(H,22,23,26). The minimum Gasteiger partial charge on any atom is -0.493 e. The van der Waals surface area contributed by atoms with Gasteiger partial charge in [0.15, 0.2) is 17.1 Å². The summed E-state index contributed by atoms with van der Waals surface area (Å²) in [6.45, 7) is 7.50. The van der Waals surface area contributed by atoms with E-state index in [9.17, 15) is 4.79 Å². The second-order valence-electron chi connectivity index (χ2n) is 8.00. The molecule has 148 valence electrons. The number of methoxy groups -OCH3 is 2. The number of nitrogens with one attached hydrogen (secondary N) is 1. The van der Waals surface area contributed by atoms with Crippen molar-refractivity contribution >= 4 is 17.0 Å². The predicted molar refractivity (Wildman–Crippen MR) is 107 cm³/mol. The van der Waals surface area contributed by atoms with Gasteiger partial charge in [-0.1, -0.05) is 0 Å². The van der Waals surface area contributed by atoms with Crippen LogP contribution in [0.2, 0.25) is 0 Å². The molecule has 1 aliphatic rings. The van der Waals surface area contributed by atoms with Crippen molar-refractivity contribution in [3.63, 3.8) is 0 Å². The van der Waals surface area contributed by atoms with E-state index in [1.807, 2.05) is 32.9 Å². The van der Waals surface area contributed by atoms with Crippen LogP contribution < -0.4 is 19.9 Å². The normalized spacial score (nSPS) is 14.2. The highest BCUT2D eigenvalue weighted by Crippen LogP contribution is 2.34. The van der Waals surface area contributed by atoms with Crippen molar-refractivity contribution in [3.8, 4) is 11.5 Å². The van der Waals surface area contributed by atoms with Crippen LogP contribution >= 0.6 is 0 Å². The number of nitrogens with zero attached hydrogens (tertiary/aromatic N) is 4. The van der Waals surface area contributed by atoms with Gasteiger partial charge < -0.3 is 14.4 Å². The Kier molecular flexibility index (Phi) is 4.28. The highest BCUT2D eigenvalue weighted by Gasteiger charge is 2.24. The van der Waals surface area contributed by atoms with Crippen LogP contribution in [0.4, 0.5) is 5.95 Å². The molecule has 0 amide bonds. The molecule has 2 aromatic heterocycles. The molecule has 4 rings (SSSR count). The largest absolute Gasteiger partial charge is 0.493 e. The smallest absolute Gasteiger partial charge is 0.263 e. The molecule has 8 nitrogen and oxygen atoms in total. The van der Waals surface area contributed by atoms with Gasteiger partial charge in [0.1, 0.15) is 5.39 Å². The lowest BCUT2D eigenvalue weighted by Crippen LogP contribution is -2.33. The number of benzene rings is 1. The zero-order chi connectivity index (χ0) is 20.1. The van der Waals surface area contributed by atoms with E-state index >= 15 is 0 Å². The maximum Gasteiger partial charge on any atom is 0.263 e. The minimum absolute atomic E-state index is 0.173. The molecule has 1 N–H and O–H groups in total. The third-order valence-electron chi connectivity index (χ3n) is 5.08. The highest BCUT2D eigenvalue weighted by atomic mass is 16.5. The second-order valence-corrected chi connectivity index (χ2v) is 8.00. The summed E-state index contributed by atoms with van der Waals surface area (Å²) in [5.41, 5.74) is 2.52. The molecule has 0 unspecified atom stereocenters. The maximum absolute atomic E-state index is 12.6. The Labute approximate surface area is 163 Å². The fraction of sp³-hybridized carbons (Fsp3) is 0.450. The van der Waals surface area contributed by atoms with Crippen molar-refractivity contribution < 1.29 is 9.47 Å². The van der Waals surface area contributed by atoms with Gasteiger partial charge in [0.05, 0.1) is 26.0 Å². The minimum atomic E-state index is -0.266. The number of hydrogen-bond acceptors (Lipinski definition) is 6. The molecule has 0 aliphatic carbocycles. The number of hydrogen-bond donors (Lipinski definition) is 1. The summed E-state index contributed by atoms with van der Waals surface area (Å²) < 4.78 is 12.6. The highest BCUT2D eigenvalue weighted by molar-refractivity contribution is 5.74. The van der Waals surface area contributed by atoms with Gasteiger partial charge in [-0.05, 0) is 50.5 Å². The van der Waals surface area contributed by atoms with Gasteiger partial charge in [0.25, 0.3) is 5.56 Å². The average Bonchev–Trinajstić information content (AvgIpc) is 3.11. The van der Waals surface area contributed by atoms with Gasteiger partial charge >= 0.3 is 0 Å². The second kappa shape index (κ2) is 6.54. The third-order valence-corrected chi connectivity index (χ3v) is 5.08. The molecule has 0 bridgehead atoms. The Morgan fingerprint density at radius 3 is 2.43 bits per heavy atom. The van der Waals surface area contributed by atoms with Crippen LogP contribution in [-0.4, -0.2) is 40.5 Å². The lowest BCUT2D eigenvalue weighted by Gasteiger charge is -2.30. The van der Waals surface area contributed by atoms with Crippen LogP contribution in [0.3, 0.4) is 0 Å². The van der Waals surface area contributed by atoms with Crippen molar-refractivity contribution in [1.82, 2.24) is 19.7 Å². The first-order chi connectivity index (χ1) is 13.3. The molecule has 0 fully saturated rings. The Morgan fingerprint density at radius 2 is 1.79 bits per heavy atom. The molecular formula is C20H25N5O3. The summed E-state index contributed by atoms with van der Waals surface area (Å²) in [7, 11) is 3.27.